The molecule has 4 rings (SSSR count). The number of fused-ring (bicyclic) bond motifs is 1. The number of aromatic nitrogens is 5. The summed E-state index contributed by atoms with van der Waals surface area (Å²) in [5.41, 5.74) is 2.12. The van der Waals surface area contributed by atoms with Gasteiger partial charge in [0.25, 0.3) is 0 Å². The van der Waals surface area contributed by atoms with Crippen LogP contribution >= 0.6 is 0 Å². The quantitative estimate of drug-likeness (QED) is 0.495. The van der Waals surface area contributed by atoms with Crippen molar-refractivity contribution in [2.24, 2.45) is 7.05 Å². The van der Waals surface area contributed by atoms with Crippen molar-refractivity contribution in [3.63, 3.8) is 0 Å². The summed E-state index contributed by atoms with van der Waals surface area (Å²) in [6, 6.07) is 10.6. The van der Waals surface area contributed by atoms with Crippen molar-refractivity contribution in [3.05, 3.63) is 53.7 Å². The normalized spacial score (nSPS) is 12.7. The van der Waals surface area contributed by atoms with Crippen molar-refractivity contribution in [1.29, 1.82) is 0 Å². The average Bonchev–Trinajstić information content (AvgIpc) is 3.23. The fraction of sp³-hybridized carbons (Fsp3) is 0.286. The van der Waals surface area contributed by atoms with Crippen LogP contribution in [0.4, 0.5) is 13.2 Å². The average molecular weight is 399 g/mol. The number of pyridine rings is 1. The minimum absolute atomic E-state index is 0.0296. The molecule has 8 heteroatoms. The predicted octanol–water partition coefficient (Wildman–Crippen LogP) is 5.34. The van der Waals surface area contributed by atoms with Gasteiger partial charge in [-0.1, -0.05) is 39.0 Å². The summed E-state index contributed by atoms with van der Waals surface area (Å²) in [5.74, 6) is 0.569. The topological polar surface area (TPSA) is 59.4 Å². The highest BCUT2D eigenvalue weighted by Gasteiger charge is 2.33. The SMILES string of the molecule is Cn1nc(C(C)(C)C)cc1-c1nc2nc(-c3ccccc3C(F)(F)F)ccc2[nH]1. The van der Waals surface area contributed by atoms with Crippen molar-refractivity contribution in [3.8, 4) is 22.8 Å². The summed E-state index contributed by atoms with van der Waals surface area (Å²) < 4.78 is 41.8. The molecule has 0 amide bonds. The summed E-state index contributed by atoms with van der Waals surface area (Å²) in [6.07, 6.45) is -4.46. The van der Waals surface area contributed by atoms with Gasteiger partial charge in [-0.05, 0) is 24.3 Å². The van der Waals surface area contributed by atoms with E-state index < -0.39 is 11.7 Å². The molecule has 0 aliphatic carbocycles. The summed E-state index contributed by atoms with van der Waals surface area (Å²) in [4.78, 5) is 12.1. The number of alkyl halides is 3. The Morgan fingerprint density at radius 1 is 0.966 bits per heavy atom. The molecule has 0 atom stereocenters. The van der Waals surface area contributed by atoms with E-state index in [1.54, 1.807) is 22.9 Å². The summed E-state index contributed by atoms with van der Waals surface area (Å²) >= 11 is 0. The highest BCUT2D eigenvalue weighted by atomic mass is 19.4. The van der Waals surface area contributed by atoms with E-state index in [0.29, 0.717) is 17.0 Å². The Morgan fingerprint density at radius 2 is 1.69 bits per heavy atom. The van der Waals surface area contributed by atoms with Crippen LogP contribution in [0.15, 0.2) is 42.5 Å². The third-order valence-corrected chi connectivity index (χ3v) is 4.75. The van der Waals surface area contributed by atoms with E-state index in [2.05, 4.69) is 40.8 Å². The molecule has 3 heterocycles. The smallest absolute Gasteiger partial charge is 0.335 e. The van der Waals surface area contributed by atoms with Gasteiger partial charge in [0.05, 0.1) is 22.5 Å². The highest BCUT2D eigenvalue weighted by molar-refractivity contribution is 5.79. The molecule has 0 radical (unpaired) electrons. The van der Waals surface area contributed by atoms with Crippen LogP contribution in [-0.2, 0) is 18.6 Å². The zero-order chi connectivity index (χ0) is 21.0. The molecule has 150 valence electrons. The van der Waals surface area contributed by atoms with Gasteiger partial charge in [-0.3, -0.25) is 4.68 Å². The van der Waals surface area contributed by atoms with Crippen LogP contribution in [-0.4, -0.2) is 24.7 Å². The molecule has 0 saturated heterocycles. The van der Waals surface area contributed by atoms with Crippen molar-refractivity contribution >= 4 is 11.2 Å². The largest absolute Gasteiger partial charge is 0.417 e. The van der Waals surface area contributed by atoms with E-state index in [0.717, 1.165) is 17.5 Å². The van der Waals surface area contributed by atoms with Crippen molar-refractivity contribution in [1.82, 2.24) is 24.7 Å². The van der Waals surface area contributed by atoms with E-state index in [-0.39, 0.29) is 16.7 Å². The van der Waals surface area contributed by atoms with Crippen LogP contribution < -0.4 is 0 Å². The maximum absolute atomic E-state index is 13.4. The number of benzene rings is 1. The number of imidazole rings is 1. The zero-order valence-corrected chi connectivity index (χ0v) is 16.5. The van der Waals surface area contributed by atoms with Gasteiger partial charge < -0.3 is 4.98 Å². The minimum atomic E-state index is -4.46. The number of aromatic amines is 1. The molecule has 0 spiro atoms. The Labute approximate surface area is 165 Å². The fourth-order valence-corrected chi connectivity index (χ4v) is 3.17. The Morgan fingerprint density at radius 3 is 2.34 bits per heavy atom. The zero-order valence-electron chi connectivity index (χ0n) is 16.5. The molecule has 0 fully saturated rings. The molecule has 0 aliphatic rings. The van der Waals surface area contributed by atoms with E-state index in [4.69, 9.17) is 0 Å². The molecular formula is C21H20F3N5. The lowest BCUT2D eigenvalue weighted by Gasteiger charge is -2.13. The van der Waals surface area contributed by atoms with Crippen molar-refractivity contribution < 1.29 is 13.2 Å². The van der Waals surface area contributed by atoms with E-state index in [1.165, 1.54) is 12.1 Å². The Kier molecular flexibility index (Phi) is 4.25. The summed E-state index contributed by atoms with van der Waals surface area (Å²) in [5, 5.41) is 4.54. The minimum Gasteiger partial charge on any atom is -0.335 e. The molecule has 1 aromatic carbocycles. The fourth-order valence-electron chi connectivity index (χ4n) is 3.17. The highest BCUT2D eigenvalue weighted by Crippen LogP contribution is 2.36. The lowest BCUT2D eigenvalue weighted by Crippen LogP contribution is -2.12. The van der Waals surface area contributed by atoms with Crippen molar-refractivity contribution in [2.45, 2.75) is 32.4 Å². The molecule has 29 heavy (non-hydrogen) atoms. The second-order valence-corrected chi connectivity index (χ2v) is 7.98. The predicted molar refractivity (Wildman–Crippen MR) is 105 cm³/mol. The maximum Gasteiger partial charge on any atom is 0.417 e. The van der Waals surface area contributed by atoms with Crippen molar-refractivity contribution in [2.75, 3.05) is 0 Å². The second kappa shape index (κ2) is 6.43. The van der Waals surface area contributed by atoms with E-state index in [9.17, 15) is 13.2 Å². The van der Waals surface area contributed by atoms with Crippen LogP contribution in [0.2, 0.25) is 0 Å². The monoisotopic (exact) mass is 399 g/mol. The summed E-state index contributed by atoms with van der Waals surface area (Å²) in [6.45, 7) is 6.22. The Bertz CT molecular complexity index is 1200. The molecule has 5 nitrogen and oxygen atoms in total. The van der Waals surface area contributed by atoms with Gasteiger partial charge in [-0.2, -0.15) is 18.3 Å². The van der Waals surface area contributed by atoms with Crippen LogP contribution in [0.3, 0.4) is 0 Å². The number of halogens is 3. The number of rotatable bonds is 2. The third kappa shape index (κ3) is 3.50. The van der Waals surface area contributed by atoms with Gasteiger partial charge in [0.1, 0.15) is 5.69 Å². The van der Waals surface area contributed by atoms with Crippen LogP contribution in [0.5, 0.6) is 0 Å². The molecule has 0 unspecified atom stereocenters. The number of nitrogens with zero attached hydrogens (tertiary/aromatic N) is 4. The second-order valence-electron chi connectivity index (χ2n) is 7.98. The third-order valence-electron chi connectivity index (χ3n) is 4.75. The molecule has 0 saturated carbocycles. The summed E-state index contributed by atoms with van der Waals surface area (Å²) in [7, 11) is 1.83. The maximum atomic E-state index is 13.4. The lowest BCUT2D eigenvalue weighted by atomic mass is 9.92. The first kappa shape index (κ1) is 19.2. The molecule has 3 aromatic heterocycles. The van der Waals surface area contributed by atoms with Gasteiger partial charge >= 0.3 is 6.18 Å². The van der Waals surface area contributed by atoms with Gasteiger partial charge in [0.15, 0.2) is 11.5 Å². The van der Waals surface area contributed by atoms with Gasteiger partial charge in [0.2, 0.25) is 0 Å². The molecular weight excluding hydrogens is 379 g/mol. The molecule has 0 bridgehead atoms. The first-order valence-corrected chi connectivity index (χ1v) is 9.12. The van der Waals surface area contributed by atoms with Crippen LogP contribution in [0.25, 0.3) is 33.9 Å². The molecule has 4 aromatic rings. The van der Waals surface area contributed by atoms with Gasteiger partial charge in [-0.25, -0.2) is 9.97 Å². The number of nitrogens with one attached hydrogen (secondary N) is 1. The number of H-pyrrole nitrogens is 1. The molecule has 0 aliphatic heterocycles. The first-order valence-electron chi connectivity index (χ1n) is 9.12. The first-order chi connectivity index (χ1) is 13.5. The van der Waals surface area contributed by atoms with Gasteiger partial charge in [0, 0.05) is 18.0 Å². The van der Waals surface area contributed by atoms with Crippen LogP contribution in [0.1, 0.15) is 32.0 Å². The standard InChI is InChI=1S/C21H20F3N5/c1-20(2,3)17-11-16(29(4)28-17)19-26-15-10-9-14(25-18(15)27-19)12-7-5-6-8-13(12)21(22,23)24/h5-11H,1-4H3,(H,25,26,27). The van der Waals surface area contributed by atoms with Crippen LogP contribution in [0, 0.1) is 0 Å². The number of hydrogen-bond donors (Lipinski definition) is 1. The molecule has 1 N–H and O–H groups in total. The van der Waals surface area contributed by atoms with E-state index >= 15 is 0 Å². The lowest BCUT2D eigenvalue weighted by molar-refractivity contribution is -0.137. The number of aryl methyl sites for hydroxylation is 1. The van der Waals surface area contributed by atoms with Gasteiger partial charge in [-0.15, -0.1) is 0 Å². The van der Waals surface area contributed by atoms with E-state index in [1.807, 2.05) is 13.1 Å². The Hall–Kier alpha value is -3.16. The Balaban J connectivity index is 1.80. The number of hydrogen-bond acceptors (Lipinski definition) is 3.